The average Bonchev–Trinajstić information content (AvgIpc) is 3.08. The summed E-state index contributed by atoms with van der Waals surface area (Å²) in [6.45, 7) is 6.35. The van der Waals surface area contributed by atoms with Crippen molar-refractivity contribution in [2.45, 2.75) is 52.3 Å². The van der Waals surface area contributed by atoms with Crippen molar-refractivity contribution in [1.29, 1.82) is 0 Å². The normalized spacial score (nSPS) is 17.9. The predicted octanol–water partition coefficient (Wildman–Crippen LogP) is 5.50. The number of rotatable bonds is 5. The predicted molar refractivity (Wildman–Crippen MR) is 117 cm³/mol. The van der Waals surface area contributed by atoms with Gasteiger partial charge in [-0.15, -0.1) is 0 Å². The van der Waals surface area contributed by atoms with E-state index < -0.39 is 22.7 Å². The fourth-order valence-corrected chi connectivity index (χ4v) is 4.09. The molecule has 10 heteroatoms. The third-order valence-corrected chi connectivity index (χ3v) is 5.77. The van der Waals surface area contributed by atoms with Crippen molar-refractivity contribution >= 4 is 29.6 Å². The van der Waals surface area contributed by atoms with Crippen LogP contribution in [0, 0.1) is 13.8 Å². The zero-order chi connectivity index (χ0) is 23.5. The van der Waals surface area contributed by atoms with Crippen LogP contribution in [0.4, 0.5) is 13.2 Å². The summed E-state index contributed by atoms with van der Waals surface area (Å²) in [6.07, 6.45) is -1.06. The molecule has 2 heterocycles. The van der Waals surface area contributed by atoms with E-state index in [-0.39, 0.29) is 18.2 Å². The highest BCUT2D eigenvalue weighted by atomic mass is 35.5. The van der Waals surface area contributed by atoms with Crippen molar-refractivity contribution < 1.29 is 22.5 Å². The molecule has 1 fully saturated rings. The van der Waals surface area contributed by atoms with Gasteiger partial charge in [0.05, 0.1) is 39.2 Å². The van der Waals surface area contributed by atoms with Crippen molar-refractivity contribution in [2.24, 2.45) is 9.98 Å². The molecule has 1 aliphatic heterocycles. The lowest BCUT2D eigenvalue weighted by Crippen LogP contribution is -2.41. The van der Waals surface area contributed by atoms with E-state index in [9.17, 15) is 18.0 Å². The molecule has 0 saturated carbocycles. The van der Waals surface area contributed by atoms with Gasteiger partial charge >= 0.3 is 6.18 Å². The topological polar surface area (TPSA) is 71.1 Å². The number of aliphatic imine (C=N–C) groups is 2. The minimum absolute atomic E-state index is 0.157. The van der Waals surface area contributed by atoms with Crippen LogP contribution in [0.2, 0.25) is 5.02 Å². The van der Waals surface area contributed by atoms with Crippen molar-refractivity contribution in [3.05, 3.63) is 51.4 Å². The smallest absolute Gasteiger partial charge is 0.361 e. The number of nitrogens with zero attached hydrogens (tertiary/aromatic N) is 4. The number of benzene rings is 1. The van der Waals surface area contributed by atoms with Crippen LogP contribution >= 0.6 is 11.6 Å². The van der Waals surface area contributed by atoms with Gasteiger partial charge in [0.15, 0.2) is 0 Å². The Kier molecular flexibility index (Phi) is 7.38. The van der Waals surface area contributed by atoms with Gasteiger partial charge in [-0.25, -0.2) is 4.99 Å². The van der Waals surface area contributed by atoms with Gasteiger partial charge in [0.25, 0.3) is 5.91 Å². The summed E-state index contributed by atoms with van der Waals surface area (Å²) in [7, 11) is 0. The Balaban J connectivity index is 1.74. The molecular formula is C22H24ClF3N4O2. The highest BCUT2D eigenvalue weighted by molar-refractivity contribution is 6.34. The lowest BCUT2D eigenvalue weighted by Gasteiger charge is -2.31. The van der Waals surface area contributed by atoms with Crippen LogP contribution < -0.4 is 0 Å². The first-order valence-corrected chi connectivity index (χ1v) is 10.7. The fourth-order valence-electron chi connectivity index (χ4n) is 3.77. The Labute approximate surface area is 189 Å². The molecule has 0 radical (unpaired) electrons. The molecule has 6 nitrogen and oxygen atoms in total. The fraction of sp³-hybridized carbons (Fsp3) is 0.455. The second-order valence-electron chi connectivity index (χ2n) is 7.61. The molecule has 1 saturated heterocycles. The van der Waals surface area contributed by atoms with Crippen LogP contribution in [0.5, 0.6) is 0 Å². The van der Waals surface area contributed by atoms with Gasteiger partial charge < -0.3 is 9.42 Å². The number of carbonyl (C=O) groups is 1. The lowest BCUT2D eigenvalue weighted by molar-refractivity contribution is -0.137. The molecule has 3 rings (SSSR count). The quantitative estimate of drug-likeness (QED) is 0.430. The molecule has 0 N–H and O–H groups in total. The number of amides is 1. The first-order chi connectivity index (χ1) is 15.1. The van der Waals surface area contributed by atoms with E-state index in [1.165, 1.54) is 23.4 Å². The third-order valence-electron chi connectivity index (χ3n) is 5.37. The maximum absolute atomic E-state index is 13.1. The number of alkyl halides is 3. The summed E-state index contributed by atoms with van der Waals surface area (Å²) in [4.78, 5) is 23.3. The zero-order valence-corrected chi connectivity index (χ0v) is 18.8. The molecule has 1 aromatic heterocycles. The Bertz CT molecular complexity index is 1030. The highest BCUT2D eigenvalue weighted by Crippen LogP contribution is 2.36. The summed E-state index contributed by atoms with van der Waals surface area (Å²) in [5, 5.41) is 3.37. The van der Waals surface area contributed by atoms with E-state index in [2.05, 4.69) is 15.1 Å². The van der Waals surface area contributed by atoms with Crippen LogP contribution in [0.25, 0.3) is 0 Å². The largest absolute Gasteiger partial charge is 0.417 e. The molecular weight excluding hydrogens is 445 g/mol. The van der Waals surface area contributed by atoms with Gasteiger partial charge in [-0.1, -0.05) is 29.7 Å². The third kappa shape index (κ3) is 5.20. The van der Waals surface area contributed by atoms with Gasteiger partial charge in [-0.2, -0.15) is 13.2 Å². The molecule has 1 aliphatic rings. The van der Waals surface area contributed by atoms with E-state index in [1.54, 1.807) is 0 Å². The minimum Gasteiger partial charge on any atom is -0.361 e. The first-order valence-electron chi connectivity index (χ1n) is 10.3. The second kappa shape index (κ2) is 9.85. The van der Waals surface area contributed by atoms with Crippen molar-refractivity contribution in [2.75, 3.05) is 13.1 Å². The molecule has 0 spiro atoms. The molecule has 172 valence electrons. The summed E-state index contributed by atoms with van der Waals surface area (Å²) in [5.74, 6) is 0.151. The lowest BCUT2D eigenvalue weighted by atomic mass is 10.0. The standard InChI is InChI=1S/C22H24ClF3N4O2/c1-4-18(19-13(2)29-32-14(19)3)28-12-27-15-7-6-10-30(11-15)21(31)16-8-5-9-17(20(16)23)22(24,25)26/h5,8-9,12,15H,4,6-7,10-11H2,1-3H3. The maximum atomic E-state index is 13.1. The summed E-state index contributed by atoms with van der Waals surface area (Å²) in [5.41, 5.74) is 1.24. The number of piperidine rings is 1. The molecule has 32 heavy (non-hydrogen) atoms. The number of hydrogen-bond acceptors (Lipinski definition) is 4. The Hall–Kier alpha value is -2.68. The van der Waals surface area contributed by atoms with Crippen LogP contribution in [0.1, 0.15) is 59.1 Å². The molecule has 1 atom stereocenters. The Morgan fingerprint density at radius 2 is 2.12 bits per heavy atom. The average molecular weight is 469 g/mol. The number of carbonyl (C=O) groups excluding carboxylic acids is 1. The number of likely N-dealkylation sites (tertiary alicyclic amines) is 1. The van der Waals surface area contributed by atoms with Gasteiger partial charge in [0.1, 0.15) is 12.1 Å². The van der Waals surface area contributed by atoms with Crippen molar-refractivity contribution in [3.63, 3.8) is 0 Å². The monoisotopic (exact) mass is 468 g/mol. The van der Waals surface area contributed by atoms with E-state index in [0.29, 0.717) is 25.1 Å². The maximum Gasteiger partial charge on any atom is 0.417 e. The van der Waals surface area contributed by atoms with Crippen molar-refractivity contribution in [1.82, 2.24) is 10.1 Å². The van der Waals surface area contributed by atoms with Crippen LogP contribution in [0.15, 0.2) is 32.7 Å². The SMILES string of the molecule is CCC(=NC=NC1CCCN(C(=O)c2cccc(C(F)(F)F)c2Cl)C1)c1c(C)noc1C. The van der Waals surface area contributed by atoms with Gasteiger partial charge in [-0.05, 0) is 45.2 Å². The second-order valence-corrected chi connectivity index (χ2v) is 7.98. The van der Waals surface area contributed by atoms with E-state index in [1.807, 2.05) is 20.8 Å². The number of aromatic nitrogens is 1. The van der Waals surface area contributed by atoms with Gasteiger partial charge in [0.2, 0.25) is 0 Å². The Morgan fingerprint density at radius 3 is 2.75 bits per heavy atom. The van der Waals surface area contributed by atoms with Crippen molar-refractivity contribution in [3.8, 4) is 0 Å². The molecule has 2 aromatic rings. The van der Waals surface area contributed by atoms with Crippen LogP contribution in [0.3, 0.4) is 0 Å². The van der Waals surface area contributed by atoms with Crippen LogP contribution in [-0.4, -0.2) is 47.1 Å². The number of halogens is 4. The zero-order valence-electron chi connectivity index (χ0n) is 18.0. The molecule has 0 aliphatic carbocycles. The van der Waals surface area contributed by atoms with E-state index >= 15 is 0 Å². The molecule has 1 unspecified atom stereocenters. The van der Waals surface area contributed by atoms with Gasteiger partial charge in [-0.3, -0.25) is 9.79 Å². The summed E-state index contributed by atoms with van der Waals surface area (Å²) < 4.78 is 44.6. The highest BCUT2D eigenvalue weighted by Gasteiger charge is 2.35. The van der Waals surface area contributed by atoms with Gasteiger partial charge in [0, 0.05) is 13.1 Å². The molecule has 1 amide bonds. The minimum atomic E-state index is -4.63. The van der Waals surface area contributed by atoms with E-state index in [4.69, 9.17) is 16.1 Å². The molecule has 0 bridgehead atoms. The van der Waals surface area contributed by atoms with E-state index in [0.717, 1.165) is 29.5 Å². The van der Waals surface area contributed by atoms with Crippen LogP contribution in [-0.2, 0) is 6.18 Å². The summed E-state index contributed by atoms with van der Waals surface area (Å²) >= 11 is 5.93. The first kappa shape index (κ1) is 24.0. The summed E-state index contributed by atoms with van der Waals surface area (Å²) in [6, 6.07) is 3.17. The molecule has 1 aromatic carbocycles. The number of aryl methyl sites for hydroxylation is 2. The Morgan fingerprint density at radius 1 is 1.38 bits per heavy atom. The number of hydrogen-bond donors (Lipinski definition) is 0.